The third kappa shape index (κ3) is 6.03. The zero-order chi connectivity index (χ0) is 23.5. The summed E-state index contributed by atoms with van der Waals surface area (Å²) in [6, 6.07) is 8.22. The smallest absolute Gasteiger partial charge is 0.410 e. The first-order chi connectivity index (χ1) is 15.0. The normalized spacial score (nSPS) is 14.2. The second-order valence-corrected chi connectivity index (χ2v) is 8.81. The first-order valence-electron chi connectivity index (χ1n) is 10.1. The van der Waals surface area contributed by atoms with Crippen molar-refractivity contribution in [3.05, 3.63) is 64.1 Å². The highest BCUT2D eigenvalue weighted by Gasteiger charge is 2.26. The molecule has 6 nitrogen and oxygen atoms in total. The maximum atomic E-state index is 15.1. The fraction of sp³-hybridized carbons (Fsp3) is 0.348. The molecular weight excluding hydrogens is 440 g/mol. The van der Waals surface area contributed by atoms with Crippen molar-refractivity contribution in [3.63, 3.8) is 0 Å². The average molecular weight is 464 g/mol. The van der Waals surface area contributed by atoms with Crippen molar-refractivity contribution in [2.75, 3.05) is 18.4 Å². The van der Waals surface area contributed by atoms with Crippen LogP contribution in [0.15, 0.2) is 42.0 Å². The minimum Gasteiger partial charge on any atom is -0.444 e. The van der Waals surface area contributed by atoms with Gasteiger partial charge in [0.2, 0.25) is 0 Å². The number of benzene rings is 1. The lowest BCUT2D eigenvalue weighted by Crippen LogP contribution is -2.40. The standard InChI is InChI=1S/C23H24ClF2N3O3/c1-23(2,3)32-22(31)29-11-9-14(10-12-29)20(26)18-5-4-6-19(27-18)28-21(30)16-8-7-15(24)13-17(16)25/h4-8,13H,9-12H2,1-3H3,(H,27,28,30). The van der Waals surface area contributed by atoms with E-state index in [-0.39, 0.29) is 22.1 Å². The second kappa shape index (κ2) is 9.65. The Hall–Kier alpha value is -3.00. The number of nitrogens with zero attached hydrogens (tertiary/aromatic N) is 2. The molecule has 1 fully saturated rings. The fourth-order valence-electron chi connectivity index (χ4n) is 3.17. The van der Waals surface area contributed by atoms with Gasteiger partial charge in [-0.05, 0) is 69.5 Å². The van der Waals surface area contributed by atoms with Crippen LogP contribution in [0.3, 0.4) is 0 Å². The summed E-state index contributed by atoms with van der Waals surface area (Å²) in [7, 11) is 0. The van der Waals surface area contributed by atoms with Gasteiger partial charge < -0.3 is 15.0 Å². The quantitative estimate of drug-likeness (QED) is 0.620. The number of hydrogen-bond donors (Lipinski definition) is 1. The molecule has 2 amide bonds. The number of ether oxygens (including phenoxy) is 1. The van der Waals surface area contributed by atoms with Crippen LogP contribution in [-0.4, -0.2) is 40.6 Å². The van der Waals surface area contributed by atoms with Gasteiger partial charge in [-0.2, -0.15) is 0 Å². The van der Waals surface area contributed by atoms with Crippen LogP contribution in [0, 0.1) is 5.82 Å². The third-order valence-electron chi connectivity index (χ3n) is 4.72. The average Bonchev–Trinajstić information content (AvgIpc) is 2.72. The van der Waals surface area contributed by atoms with E-state index < -0.39 is 29.2 Å². The van der Waals surface area contributed by atoms with E-state index in [0.717, 1.165) is 6.07 Å². The molecule has 1 saturated heterocycles. The van der Waals surface area contributed by atoms with E-state index in [0.29, 0.717) is 31.5 Å². The summed E-state index contributed by atoms with van der Waals surface area (Å²) in [6.07, 6.45) is 0.271. The van der Waals surface area contributed by atoms with Gasteiger partial charge in [0.25, 0.3) is 5.91 Å². The predicted octanol–water partition coefficient (Wildman–Crippen LogP) is 5.84. The number of likely N-dealkylation sites (tertiary alicyclic amines) is 1. The highest BCUT2D eigenvalue weighted by atomic mass is 35.5. The number of carbonyl (C=O) groups excluding carboxylic acids is 2. The molecule has 170 valence electrons. The summed E-state index contributed by atoms with van der Waals surface area (Å²) in [6.45, 7) is 6.05. The Morgan fingerprint density at radius 3 is 2.47 bits per heavy atom. The summed E-state index contributed by atoms with van der Waals surface area (Å²) in [5.74, 6) is -1.90. The van der Waals surface area contributed by atoms with Crippen molar-refractivity contribution >= 4 is 35.2 Å². The van der Waals surface area contributed by atoms with Crippen LogP contribution in [0.2, 0.25) is 5.02 Å². The van der Waals surface area contributed by atoms with Crippen LogP contribution in [-0.2, 0) is 4.74 Å². The molecule has 0 atom stereocenters. The molecule has 0 bridgehead atoms. The molecule has 9 heteroatoms. The molecule has 2 aromatic rings. The number of pyridine rings is 1. The van der Waals surface area contributed by atoms with Gasteiger partial charge in [0.15, 0.2) is 0 Å². The van der Waals surface area contributed by atoms with Crippen LogP contribution in [0.5, 0.6) is 0 Å². The van der Waals surface area contributed by atoms with E-state index in [1.54, 1.807) is 31.7 Å². The van der Waals surface area contributed by atoms with Gasteiger partial charge in [-0.15, -0.1) is 0 Å². The summed E-state index contributed by atoms with van der Waals surface area (Å²) < 4.78 is 34.4. The number of hydrogen-bond acceptors (Lipinski definition) is 4. The summed E-state index contributed by atoms with van der Waals surface area (Å²) in [4.78, 5) is 30.2. The zero-order valence-corrected chi connectivity index (χ0v) is 18.8. The highest BCUT2D eigenvalue weighted by Crippen LogP contribution is 2.28. The SMILES string of the molecule is CC(C)(C)OC(=O)N1CCC(=C(F)c2cccc(NC(=O)c3ccc(Cl)cc3F)n2)CC1. The largest absolute Gasteiger partial charge is 0.444 e. The molecule has 1 N–H and O–H groups in total. The van der Waals surface area contributed by atoms with Gasteiger partial charge in [-0.25, -0.2) is 18.6 Å². The van der Waals surface area contributed by atoms with Gasteiger partial charge in [0.05, 0.1) is 5.56 Å². The van der Waals surface area contributed by atoms with Gasteiger partial charge in [-0.3, -0.25) is 4.79 Å². The van der Waals surface area contributed by atoms with Crippen LogP contribution < -0.4 is 5.32 Å². The van der Waals surface area contributed by atoms with Crippen molar-refractivity contribution in [1.29, 1.82) is 0 Å². The lowest BCUT2D eigenvalue weighted by molar-refractivity contribution is 0.0236. The molecule has 1 aromatic heterocycles. The Morgan fingerprint density at radius 1 is 1.16 bits per heavy atom. The Bertz CT molecular complexity index is 1060. The highest BCUT2D eigenvalue weighted by molar-refractivity contribution is 6.30. The van der Waals surface area contributed by atoms with Crippen LogP contribution in [0.25, 0.3) is 5.83 Å². The van der Waals surface area contributed by atoms with Crippen molar-refractivity contribution < 1.29 is 23.1 Å². The van der Waals surface area contributed by atoms with E-state index in [1.807, 2.05) is 0 Å². The predicted molar refractivity (Wildman–Crippen MR) is 119 cm³/mol. The van der Waals surface area contributed by atoms with Gasteiger partial charge >= 0.3 is 6.09 Å². The maximum Gasteiger partial charge on any atom is 0.410 e. The molecular formula is C23H24ClF2N3O3. The molecule has 0 saturated carbocycles. The maximum absolute atomic E-state index is 15.1. The van der Waals surface area contributed by atoms with Crippen molar-refractivity contribution in [2.24, 2.45) is 0 Å². The first-order valence-corrected chi connectivity index (χ1v) is 10.5. The lowest BCUT2D eigenvalue weighted by atomic mass is 10.0. The van der Waals surface area contributed by atoms with Gasteiger partial charge in [0.1, 0.15) is 28.8 Å². The topological polar surface area (TPSA) is 71.5 Å². The van der Waals surface area contributed by atoms with Crippen molar-refractivity contribution in [2.45, 2.75) is 39.2 Å². The molecule has 0 radical (unpaired) electrons. The van der Waals surface area contributed by atoms with Crippen molar-refractivity contribution in [3.8, 4) is 0 Å². The molecule has 2 heterocycles. The van der Waals surface area contributed by atoms with Gasteiger partial charge in [0, 0.05) is 18.1 Å². The monoisotopic (exact) mass is 463 g/mol. The van der Waals surface area contributed by atoms with E-state index in [2.05, 4.69) is 10.3 Å². The number of halogens is 3. The minimum atomic E-state index is -0.767. The summed E-state index contributed by atoms with van der Waals surface area (Å²) in [5.41, 5.74) is -0.207. The van der Waals surface area contributed by atoms with Gasteiger partial charge in [-0.1, -0.05) is 17.7 Å². The molecule has 0 unspecified atom stereocenters. The number of aromatic nitrogens is 1. The number of amides is 2. The van der Waals surface area contributed by atoms with E-state index in [4.69, 9.17) is 16.3 Å². The first kappa shape index (κ1) is 23.7. The lowest BCUT2D eigenvalue weighted by Gasteiger charge is -2.31. The molecule has 3 rings (SSSR count). The fourth-order valence-corrected chi connectivity index (χ4v) is 3.33. The van der Waals surface area contributed by atoms with Crippen LogP contribution >= 0.6 is 11.6 Å². The number of nitrogens with one attached hydrogen (secondary N) is 1. The molecule has 1 aliphatic heterocycles. The third-order valence-corrected chi connectivity index (χ3v) is 4.96. The Balaban J connectivity index is 1.69. The summed E-state index contributed by atoms with van der Waals surface area (Å²) in [5, 5.41) is 2.64. The zero-order valence-electron chi connectivity index (χ0n) is 18.0. The van der Waals surface area contributed by atoms with E-state index >= 15 is 4.39 Å². The van der Waals surface area contributed by atoms with Crippen LogP contribution in [0.1, 0.15) is 49.7 Å². The molecule has 0 spiro atoms. The number of anilines is 1. The number of piperidine rings is 1. The van der Waals surface area contributed by atoms with Crippen molar-refractivity contribution in [1.82, 2.24) is 9.88 Å². The summed E-state index contributed by atoms with van der Waals surface area (Å²) >= 11 is 5.71. The second-order valence-electron chi connectivity index (χ2n) is 8.37. The Labute approximate surface area is 190 Å². The molecule has 1 aliphatic rings. The number of rotatable bonds is 3. The Morgan fingerprint density at radius 2 is 1.84 bits per heavy atom. The molecule has 1 aromatic carbocycles. The number of carbonyl (C=O) groups is 2. The molecule has 0 aliphatic carbocycles. The Kier molecular flexibility index (Phi) is 7.13. The minimum absolute atomic E-state index is 0.0556. The van der Waals surface area contributed by atoms with E-state index in [1.165, 1.54) is 24.3 Å². The molecule has 32 heavy (non-hydrogen) atoms. The van der Waals surface area contributed by atoms with E-state index in [9.17, 15) is 14.0 Å². The van der Waals surface area contributed by atoms with Crippen LogP contribution in [0.4, 0.5) is 19.4 Å².